The van der Waals surface area contributed by atoms with E-state index >= 15 is 0 Å². The predicted octanol–water partition coefficient (Wildman–Crippen LogP) is 3.67. The number of benzene rings is 1. The average molecular weight is 366 g/mol. The predicted molar refractivity (Wildman–Crippen MR) is 104 cm³/mol. The summed E-state index contributed by atoms with van der Waals surface area (Å²) in [5.74, 6) is 0.299. The van der Waals surface area contributed by atoms with Crippen LogP contribution in [-0.4, -0.2) is 26.6 Å². The van der Waals surface area contributed by atoms with Crippen LogP contribution in [0.3, 0.4) is 0 Å². The molecule has 1 aromatic carbocycles. The maximum Gasteiger partial charge on any atom is 0.230 e. The first-order chi connectivity index (χ1) is 12.6. The van der Waals surface area contributed by atoms with Gasteiger partial charge in [0.1, 0.15) is 0 Å². The Hall–Kier alpha value is -2.60. The Labute approximate surface area is 157 Å². The van der Waals surface area contributed by atoms with E-state index in [9.17, 15) is 4.79 Å². The zero-order chi connectivity index (χ0) is 18.4. The van der Waals surface area contributed by atoms with E-state index in [-0.39, 0.29) is 11.9 Å². The number of amides is 1. The number of thioether (sulfide) groups is 1. The number of carbonyl (C=O) groups is 1. The Morgan fingerprint density at radius 1 is 1.23 bits per heavy atom. The first-order valence-corrected chi connectivity index (χ1v) is 9.52. The van der Waals surface area contributed by atoms with E-state index in [2.05, 4.69) is 32.4 Å². The zero-order valence-electron chi connectivity index (χ0n) is 14.9. The molecule has 0 saturated carbocycles. The van der Waals surface area contributed by atoms with Crippen molar-refractivity contribution in [2.75, 3.05) is 5.75 Å². The smallest absolute Gasteiger partial charge is 0.230 e. The van der Waals surface area contributed by atoms with Crippen LogP contribution in [0.4, 0.5) is 0 Å². The number of nitrogens with zero attached hydrogens (tertiary/aromatic N) is 2. The molecule has 0 saturated heterocycles. The van der Waals surface area contributed by atoms with E-state index in [0.29, 0.717) is 5.75 Å². The van der Waals surface area contributed by atoms with Gasteiger partial charge in [-0.2, -0.15) is 0 Å². The van der Waals surface area contributed by atoms with Crippen LogP contribution in [0.25, 0.3) is 0 Å². The minimum absolute atomic E-state index is 0.0231. The molecular formula is C20H22N4OS. The second kappa shape index (κ2) is 8.67. The van der Waals surface area contributed by atoms with Gasteiger partial charge in [0.25, 0.3) is 0 Å². The molecule has 134 valence electrons. The second-order valence-electron chi connectivity index (χ2n) is 6.14. The van der Waals surface area contributed by atoms with Crippen LogP contribution in [0.5, 0.6) is 0 Å². The van der Waals surface area contributed by atoms with Gasteiger partial charge in [-0.05, 0) is 31.0 Å². The molecule has 0 spiro atoms. The van der Waals surface area contributed by atoms with Crippen molar-refractivity contribution >= 4 is 17.7 Å². The summed E-state index contributed by atoms with van der Waals surface area (Å²) in [5, 5.41) is 3.76. The SMILES string of the molecule is Cc1[nH]c(SCC(=O)N[C@H](C)c2cccnc2)nc1Cc1ccccc1. The largest absolute Gasteiger partial charge is 0.349 e. The number of carbonyl (C=O) groups excluding carboxylic acids is 1. The Morgan fingerprint density at radius 2 is 2.04 bits per heavy atom. The first kappa shape index (κ1) is 18.2. The minimum atomic E-state index is -0.0659. The summed E-state index contributed by atoms with van der Waals surface area (Å²) in [7, 11) is 0. The molecular weight excluding hydrogens is 344 g/mol. The summed E-state index contributed by atoms with van der Waals surface area (Å²) in [6.07, 6.45) is 4.28. The van der Waals surface area contributed by atoms with Crippen molar-refractivity contribution in [3.05, 3.63) is 77.4 Å². The molecule has 2 N–H and O–H groups in total. The highest BCUT2D eigenvalue weighted by atomic mass is 32.2. The highest BCUT2D eigenvalue weighted by molar-refractivity contribution is 7.99. The number of nitrogens with one attached hydrogen (secondary N) is 2. The van der Waals surface area contributed by atoms with Crippen molar-refractivity contribution in [3.8, 4) is 0 Å². The Bertz CT molecular complexity index is 849. The molecule has 0 aliphatic heterocycles. The minimum Gasteiger partial charge on any atom is -0.349 e. The van der Waals surface area contributed by atoms with Crippen LogP contribution in [0, 0.1) is 6.92 Å². The van der Waals surface area contributed by atoms with Crippen molar-refractivity contribution in [1.82, 2.24) is 20.3 Å². The molecule has 0 radical (unpaired) electrons. The monoisotopic (exact) mass is 366 g/mol. The van der Waals surface area contributed by atoms with Gasteiger partial charge in [0.05, 0.1) is 17.5 Å². The van der Waals surface area contributed by atoms with Gasteiger partial charge < -0.3 is 10.3 Å². The second-order valence-corrected chi connectivity index (χ2v) is 7.10. The molecule has 1 atom stereocenters. The lowest BCUT2D eigenvalue weighted by molar-refractivity contribution is -0.119. The first-order valence-electron chi connectivity index (χ1n) is 8.53. The molecule has 0 unspecified atom stereocenters. The van der Waals surface area contributed by atoms with Gasteiger partial charge in [-0.3, -0.25) is 9.78 Å². The average Bonchev–Trinajstić information content (AvgIpc) is 3.01. The zero-order valence-corrected chi connectivity index (χ0v) is 15.7. The Morgan fingerprint density at radius 3 is 2.77 bits per heavy atom. The van der Waals surface area contributed by atoms with Gasteiger partial charge >= 0.3 is 0 Å². The quantitative estimate of drug-likeness (QED) is 0.626. The number of hydrogen-bond donors (Lipinski definition) is 2. The van der Waals surface area contributed by atoms with E-state index in [1.165, 1.54) is 17.3 Å². The van der Waals surface area contributed by atoms with Crippen molar-refractivity contribution in [1.29, 1.82) is 0 Å². The summed E-state index contributed by atoms with van der Waals surface area (Å²) in [6.45, 7) is 3.97. The van der Waals surface area contributed by atoms with E-state index in [1.807, 2.05) is 44.2 Å². The van der Waals surface area contributed by atoms with E-state index in [1.54, 1.807) is 12.4 Å². The summed E-state index contributed by atoms with van der Waals surface area (Å²) < 4.78 is 0. The molecule has 2 heterocycles. The fourth-order valence-electron chi connectivity index (χ4n) is 2.63. The highest BCUT2D eigenvalue weighted by Gasteiger charge is 2.12. The van der Waals surface area contributed by atoms with Crippen molar-refractivity contribution in [2.24, 2.45) is 0 Å². The third-order valence-electron chi connectivity index (χ3n) is 4.08. The molecule has 6 heteroatoms. The number of imidazole rings is 1. The van der Waals surface area contributed by atoms with Gasteiger partial charge in [-0.25, -0.2) is 4.98 Å². The number of H-pyrrole nitrogens is 1. The molecule has 2 aromatic heterocycles. The highest BCUT2D eigenvalue weighted by Crippen LogP contribution is 2.19. The third-order valence-corrected chi connectivity index (χ3v) is 4.95. The lowest BCUT2D eigenvalue weighted by atomic mass is 10.1. The fraction of sp³-hybridized carbons (Fsp3) is 0.250. The number of pyridine rings is 1. The number of rotatable bonds is 7. The standard InChI is InChI=1S/C20H22N4OS/c1-14(17-9-6-10-21-12-17)22-19(25)13-26-20-23-15(2)18(24-20)11-16-7-4-3-5-8-16/h3-10,12,14H,11,13H2,1-2H3,(H,22,25)(H,23,24)/t14-/m1/s1. The Balaban J connectivity index is 1.53. The molecule has 1 amide bonds. The number of aromatic amines is 1. The molecule has 0 aliphatic rings. The van der Waals surface area contributed by atoms with Crippen LogP contribution in [0.2, 0.25) is 0 Å². The summed E-state index contributed by atoms with van der Waals surface area (Å²) in [6, 6.07) is 14.0. The van der Waals surface area contributed by atoms with Gasteiger partial charge in [0.15, 0.2) is 5.16 Å². The maximum atomic E-state index is 12.2. The number of hydrogen-bond acceptors (Lipinski definition) is 4. The molecule has 26 heavy (non-hydrogen) atoms. The lowest BCUT2D eigenvalue weighted by Crippen LogP contribution is -2.28. The van der Waals surface area contributed by atoms with Gasteiger partial charge in [0.2, 0.25) is 5.91 Å². The number of aryl methyl sites for hydroxylation is 1. The van der Waals surface area contributed by atoms with Crippen molar-refractivity contribution in [2.45, 2.75) is 31.5 Å². The van der Waals surface area contributed by atoms with Crippen LogP contribution in [0.1, 0.15) is 35.5 Å². The maximum absolute atomic E-state index is 12.2. The van der Waals surface area contributed by atoms with E-state index in [4.69, 9.17) is 0 Å². The molecule has 3 aromatic rings. The van der Waals surface area contributed by atoms with Gasteiger partial charge in [0, 0.05) is 24.5 Å². The molecule has 3 rings (SSSR count). The summed E-state index contributed by atoms with van der Waals surface area (Å²) >= 11 is 1.42. The summed E-state index contributed by atoms with van der Waals surface area (Å²) in [4.78, 5) is 24.2. The molecule has 0 fully saturated rings. The summed E-state index contributed by atoms with van der Waals surface area (Å²) in [5.41, 5.74) is 4.27. The van der Waals surface area contributed by atoms with Crippen LogP contribution in [-0.2, 0) is 11.2 Å². The van der Waals surface area contributed by atoms with E-state index in [0.717, 1.165) is 28.5 Å². The Kier molecular flexibility index (Phi) is 6.07. The topological polar surface area (TPSA) is 70.7 Å². The molecule has 0 bridgehead atoms. The fourth-order valence-corrected chi connectivity index (χ4v) is 3.38. The van der Waals surface area contributed by atoms with E-state index < -0.39 is 0 Å². The third kappa shape index (κ3) is 4.95. The van der Waals surface area contributed by atoms with Gasteiger partial charge in [-0.15, -0.1) is 0 Å². The van der Waals surface area contributed by atoms with Crippen molar-refractivity contribution < 1.29 is 4.79 Å². The van der Waals surface area contributed by atoms with Crippen LogP contribution >= 0.6 is 11.8 Å². The van der Waals surface area contributed by atoms with Crippen LogP contribution < -0.4 is 5.32 Å². The van der Waals surface area contributed by atoms with Crippen LogP contribution in [0.15, 0.2) is 60.0 Å². The molecule has 0 aliphatic carbocycles. The molecule has 5 nitrogen and oxygen atoms in total. The van der Waals surface area contributed by atoms with Crippen molar-refractivity contribution in [3.63, 3.8) is 0 Å². The lowest BCUT2D eigenvalue weighted by Gasteiger charge is -2.13. The van der Waals surface area contributed by atoms with Gasteiger partial charge in [-0.1, -0.05) is 48.2 Å². The number of aromatic nitrogens is 3. The normalized spacial score (nSPS) is 11.9.